The number of hydrogen-bond donors (Lipinski definition) is 2. The Morgan fingerprint density at radius 1 is 1.07 bits per heavy atom. The summed E-state index contributed by atoms with van der Waals surface area (Å²) in [6, 6.07) is 0. The summed E-state index contributed by atoms with van der Waals surface area (Å²) in [5.41, 5.74) is 0. The van der Waals surface area contributed by atoms with Crippen LogP contribution in [0.2, 0.25) is 0 Å². The second-order valence-electron chi connectivity index (χ2n) is 2.08. The van der Waals surface area contributed by atoms with Crippen molar-refractivity contribution >= 4 is 20.2 Å². The van der Waals surface area contributed by atoms with E-state index in [0.717, 1.165) is 0 Å². The molecule has 10 heteroatoms. The first-order valence-corrected chi connectivity index (χ1v) is 5.80. The van der Waals surface area contributed by atoms with Crippen LogP contribution in [0.25, 0.3) is 0 Å². The van der Waals surface area contributed by atoms with E-state index in [0.29, 0.717) is 12.3 Å². The predicted molar refractivity (Wildman–Crippen MR) is 41.4 cm³/mol. The largest absolute Gasteiger partial charge is 0.334 e. The minimum absolute atomic E-state index is 0.613. The van der Waals surface area contributed by atoms with Gasteiger partial charge in [0.1, 0.15) is 6.26 Å². The minimum Gasteiger partial charge on any atom is -0.297 e. The standard InChI is InChI=1S/C4H4O8S2/c5-13(6,7)3-1-2-11-12-4(3)14(8,9)10/h1-2H,(H,5,6,7)(H,8,9,10). The lowest BCUT2D eigenvalue weighted by Crippen LogP contribution is -2.15. The van der Waals surface area contributed by atoms with Gasteiger partial charge >= 0.3 is 15.2 Å². The molecule has 0 saturated heterocycles. The molecule has 0 unspecified atom stereocenters. The van der Waals surface area contributed by atoms with Crippen molar-refractivity contribution in [1.29, 1.82) is 0 Å². The Labute approximate surface area is 78.9 Å². The predicted octanol–water partition coefficient (Wildman–Crippen LogP) is -0.593. The quantitative estimate of drug-likeness (QED) is 0.487. The van der Waals surface area contributed by atoms with Crippen molar-refractivity contribution in [2.24, 2.45) is 0 Å². The van der Waals surface area contributed by atoms with E-state index >= 15 is 0 Å². The smallest absolute Gasteiger partial charge is 0.297 e. The molecule has 80 valence electrons. The van der Waals surface area contributed by atoms with Gasteiger partial charge < -0.3 is 0 Å². The van der Waals surface area contributed by atoms with Crippen LogP contribution < -0.4 is 0 Å². The van der Waals surface area contributed by atoms with Gasteiger partial charge in [0.2, 0.25) is 0 Å². The molecule has 1 heterocycles. The number of rotatable bonds is 2. The molecule has 0 aliphatic carbocycles. The lowest BCUT2D eigenvalue weighted by atomic mass is 10.6. The Balaban J connectivity index is 3.48. The second-order valence-corrected chi connectivity index (χ2v) is 4.80. The van der Waals surface area contributed by atoms with Crippen molar-refractivity contribution in [3.8, 4) is 0 Å². The van der Waals surface area contributed by atoms with E-state index in [9.17, 15) is 16.8 Å². The fraction of sp³-hybridized carbons (Fsp3) is 0. The third-order valence-corrected chi connectivity index (χ3v) is 2.88. The van der Waals surface area contributed by atoms with E-state index in [-0.39, 0.29) is 0 Å². The van der Waals surface area contributed by atoms with E-state index in [4.69, 9.17) is 9.11 Å². The molecule has 0 saturated carbocycles. The Hall–Kier alpha value is -1.10. The molecule has 1 aliphatic heterocycles. The van der Waals surface area contributed by atoms with Gasteiger partial charge in [0.15, 0.2) is 4.91 Å². The first-order valence-electron chi connectivity index (χ1n) is 2.92. The molecule has 0 atom stereocenters. The van der Waals surface area contributed by atoms with Crippen LogP contribution in [0.3, 0.4) is 0 Å². The van der Waals surface area contributed by atoms with Gasteiger partial charge in [-0.2, -0.15) is 16.8 Å². The Kier molecular flexibility index (Phi) is 2.54. The molecule has 1 aliphatic rings. The van der Waals surface area contributed by atoms with E-state index in [2.05, 4.69) is 9.78 Å². The molecule has 0 aromatic rings. The summed E-state index contributed by atoms with van der Waals surface area (Å²) >= 11 is 0. The van der Waals surface area contributed by atoms with E-state index < -0.39 is 30.2 Å². The number of allylic oxidation sites excluding steroid dienone is 1. The van der Waals surface area contributed by atoms with E-state index in [1.54, 1.807) is 0 Å². The molecular formula is C4H4O8S2. The summed E-state index contributed by atoms with van der Waals surface area (Å²) in [5.74, 6) is 0. The molecule has 0 spiro atoms. The van der Waals surface area contributed by atoms with Crippen LogP contribution in [-0.4, -0.2) is 25.9 Å². The first-order chi connectivity index (χ1) is 6.23. The maximum absolute atomic E-state index is 10.6. The van der Waals surface area contributed by atoms with E-state index in [1.807, 2.05) is 0 Å². The van der Waals surface area contributed by atoms with Crippen molar-refractivity contribution in [2.75, 3.05) is 0 Å². The molecule has 1 rings (SSSR count). The van der Waals surface area contributed by atoms with Gasteiger partial charge in [-0.3, -0.25) is 18.9 Å². The Bertz CT molecular complexity index is 491. The average Bonchev–Trinajstić information content (AvgIpc) is 2.01. The summed E-state index contributed by atoms with van der Waals surface area (Å²) in [6.07, 6.45) is 1.29. The normalized spacial score (nSPS) is 17.6. The summed E-state index contributed by atoms with van der Waals surface area (Å²) in [6.45, 7) is 0. The van der Waals surface area contributed by atoms with Crippen molar-refractivity contribution in [3.63, 3.8) is 0 Å². The molecule has 0 amide bonds. The zero-order chi connectivity index (χ0) is 11.0. The highest BCUT2D eigenvalue weighted by molar-refractivity contribution is 7.93. The maximum Gasteiger partial charge on any atom is 0.334 e. The molecule has 8 nitrogen and oxygen atoms in total. The van der Waals surface area contributed by atoms with Crippen LogP contribution in [0.5, 0.6) is 0 Å². The Morgan fingerprint density at radius 3 is 2.00 bits per heavy atom. The van der Waals surface area contributed by atoms with Crippen LogP contribution in [0.15, 0.2) is 22.3 Å². The molecule has 14 heavy (non-hydrogen) atoms. The molecular weight excluding hydrogens is 240 g/mol. The maximum atomic E-state index is 10.6. The highest BCUT2D eigenvalue weighted by Gasteiger charge is 2.31. The monoisotopic (exact) mass is 244 g/mol. The molecule has 0 fully saturated rings. The molecule has 0 aromatic carbocycles. The fourth-order valence-corrected chi connectivity index (χ4v) is 2.18. The van der Waals surface area contributed by atoms with Gasteiger partial charge in [0.05, 0.1) is 0 Å². The lowest BCUT2D eigenvalue weighted by molar-refractivity contribution is -0.205. The lowest BCUT2D eigenvalue weighted by Gasteiger charge is -2.10. The summed E-state index contributed by atoms with van der Waals surface area (Å²) in [5, 5.41) is -1.39. The zero-order valence-corrected chi connectivity index (χ0v) is 7.95. The van der Waals surface area contributed by atoms with Crippen LogP contribution in [0, 0.1) is 0 Å². The second kappa shape index (κ2) is 3.24. The Morgan fingerprint density at radius 2 is 1.64 bits per heavy atom. The van der Waals surface area contributed by atoms with Gasteiger partial charge in [-0.05, 0) is 0 Å². The van der Waals surface area contributed by atoms with Gasteiger partial charge in [-0.15, -0.1) is 0 Å². The molecule has 0 radical (unpaired) electrons. The van der Waals surface area contributed by atoms with E-state index in [1.165, 1.54) is 0 Å². The summed E-state index contributed by atoms with van der Waals surface area (Å²) < 4.78 is 59.2. The average molecular weight is 244 g/mol. The van der Waals surface area contributed by atoms with Gasteiger partial charge in [-0.25, -0.2) is 0 Å². The van der Waals surface area contributed by atoms with Gasteiger partial charge in [0, 0.05) is 6.08 Å². The van der Waals surface area contributed by atoms with Crippen LogP contribution in [-0.2, 0) is 30.0 Å². The van der Waals surface area contributed by atoms with Crippen LogP contribution in [0.4, 0.5) is 0 Å². The van der Waals surface area contributed by atoms with Crippen molar-refractivity contribution < 1.29 is 35.7 Å². The molecule has 0 bridgehead atoms. The third-order valence-electron chi connectivity index (χ3n) is 1.11. The number of hydrogen-bond acceptors (Lipinski definition) is 6. The summed E-state index contributed by atoms with van der Waals surface area (Å²) in [7, 11) is -9.73. The molecule has 0 aromatic heterocycles. The third kappa shape index (κ3) is 2.23. The topological polar surface area (TPSA) is 127 Å². The minimum atomic E-state index is -4.92. The van der Waals surface area contributed by atoms with Crippen LogP contribution >= 0.6 is 0 Å². The fourth-order valence-electron chi connectivity index (χ4n) is 0.632. The van der Waals surface area contributed by atoms with Crippen molar-refractivity contribution in [3.05, 3.63) is 22.3 Å². The van der Waals surface area contributed by atoms with Crippen molar-refractivity contribution in [1.82, 2.24) is 0 Å². The highest BCUT2D eigenvalue weighted by atomic mass is 32.2. The van der Waals surface area contributed by atoms with Gasteiger partial charge in [-0.1, -0.05) is 0 Å². The highest BCUT2D eigenvalue weighted by Crippen LogP contribution is 2.22. The van der Waals surface area contributed by atoms with Crippen molar-refractivity contribution in [2.45, 2.75) is 0 Å². The summed E-state index contributed by atoms with van der Waals surface area (Å²) in [4.78, 5) is 6.77. The van der Waals surface area contributed by atoms with Crippen LogP contribution in [0.1, 0.15) is 0 Å². The first kappa shape index (κ1) is 11.0. The zero-order valence-electron chi connectivity index (χ0n) is 6.32. The van der Waals surface area contributed by atoms with Gasteiger partial charge in [0.25, 0.3) is 10.1 Å². The SMILES string of the molecule is O=S(=O)(O)C1=C(S(=O)(=O)O)OOC=C1. The molecule has 2 N–H and O–H groups in total.